The topological polar surface area (TPSA) is 42.0 Å². The van der Waals surface area contributed by atoms with Gasteiger partial charge >= 0.3 is 0 Å². The third-order valence-electron chi connectivity index (χ3n) is 3.03. The van der Waals surface area contributed by atoms with Gasteiger partial charge in [-0.3, -0.25) is 9.78 Å². The van der Waals surface area contributed by atoms with Gasteiger partial charge in [0.15, 0.2) is 0 Å². The van der Waals surface area contributed by atoms with E-state index in [1.807, 2.05) is 30.3 Å². The smallest absolute Gasteiger partial charge is 0.220 e. The number of rotatable bonds is 7. The van der Waals surface area contributed by atoms with E-state index in [0.29, 0.717) is 18.2 Å². The molecule has 0 radical (unpaired) electrons. The molecule has 0 aliphatic heterocycles. The van der Waals surface area contributed by atoms with Crippen LogP contribution in [0.3, 0.4) is 0 Å². The lowest BCUT2D eigenvalue weighted by Crippen LogP contribution is -2.29. The summed E-state index contributed by atoms with van der Waals surface area (Å²) in [4.78, 5) is 17.1. The number of aromatic nitrogens is 1. The van der Waals surface area contributed by atoms with E-state index in [9.17, 15) is 4.79 Å². The van der Waals surface area contributed by atoms with Crippen LogP contribution in [0.15, 0.2) is 59.8 Å². The molecule has 0 saturated carbocycles. The van der Waals surface area contributed by atoms with Crippen LogP contribution >= 0.6 is 11.8 Å². The molecule has 0 saturated heterocycles. The van der Waals surface area contributed by atoms with Crippen molar-refractivity contribution >= 4 is 17.7 Å². The molecule has 1 atom stereocenters. The van der Waals surface area contributed by atoms with E-state index in [1.54, 1.807) is 24.2 Å². The number of aryl methyl sites for hydroxylation is 1. The highest BCUT2D eigenvalue weighted by Crippen LogP contribution is 2.21. The minimum absolute atomic E-state index is 0.0966. The highest BCUT2D eigenvalue weighted by Gasteiger charge is 2.07. The quantitative estimate of drug-likeness (QED) is 0.798. The average Bonchev–Trinajstić information content (AvgIpc) is 2.53. The molecule has 0 aliphatic rings. The van der Waals surface area contributed by atoms with Crippen molar-refractivity contribution < 1.29 is 4.79 Å². The predicted octanol–water partition coefficient (Wildman–Crippen LogP) is 3.31. The Bertz CT molecular complexity index is 545. The summed E-state index contributed by atoms with van der Waals surface area (Å²) in [5.74, 6) is 0.0966. The second-order valence-corrected chi connectivity index (χ2v) is 6.42. The van der Waals surface area contributed by atoms with Crippen molar-refractivity contribution in [3.05, 3.63) is 60.4 Å². The summed E-state index contributed by atoms with van der Waals surface area (Å²) in [6.45, 7) is 2.81. The summed E-state index contributed by atoms with van der Waals surface area (Å²) < 4.78 is 0. The van der Waals surface area contributed by atoms with E-state index >= 15 is 0 Å². The first-order valence-electron chi connectivity index (χ1n) is 7.11. The maximum absolute atomic E-state index is 11.8. The molecule has 0 unspecified atom stereocenters. The highest BCUT2D eigenvalue weighted by atomic mass is 32.2. The van der Waals surface area contributed by atoms with Crippen molar-refractivity contribution in [2.75, 3.05) is 6.54 Å². The van der Waals surface area contributed by atoms with Crippen molar-refractivity contribution in [3.63, 3.8) is 0 Å². The van der Waals surface area contributed by atoms with Crippen LogP contribution in [0, 0.1) is 0 Å². The van der Waals surface area contributed by atoms with E-state index in [-0.39, 0.29) is 5.91 Å². The van der Waals surface area contributed by atoms with Gasteiger partial charge in [0.1, 0.15) is 0 Å². The van der Waals surface area contributed by atoms with Crippen LogP contribution in [0.2, 0.25) is 0 Å². The SMILES string of the molecule is C[C@H](CNC(=O)CCc1cccnc1)Sc1ccccc1. The Morgan fingerprint density at radius 3 is 2.76 bits per heavy atom. The molecule has 2 rings (SSSR count). The zero-order valence-corrected chi connectivity index (χ0v) is 13.0. The molecule has 0 aliphatic carbocycles. The summed E-state index contributed by atoms with van der Waals surface area (Å²) in [6.07, 6.45) is 4.79. The molecule has 21 heavy (non-hydrogen) atoms. The fraction of sp³-hybridized carbons (Fsp3) is 0.294. The lowest BCUT2D eigenvalue weighted by molar-refractivity contribution is -0.121. The normalized spacial score (nSPS) is 11.9. The largest absolute Gasteiger partial charge is 0.355 e. The molecule has 0 bridgehead atoms. The Morgan fingerprint density at radius 2 is 2.05 bits per heavy atom. The van der Waals surface area contributed by atoms with E-state index in [4.69, 9.17) is 0 Å². The number of amides is 1. The number of nitrogens with zero attached hydrogens (tertiary/aromatic N) is 1. The number of nitrogens with one attached hydrogen (secondary N) is 1. The van der Waals surface area contributed by atoms with Gasteiger partial charge in [0, 0.05) is 35.5 Å². The maximum atomic E-state index is 11.8. The third-order valence-corrected chi connectivity index (χ3v) is 4.14. The van der Waals surface area contributed by atoms with Gasteiger partial charge in [0.25, 0.3) is 0 Å². The number of benzene rings is 1. The zero-order valence-electron chi connectivity index (χ0n) is 12.2. The first-order valence-corrected chi connectivity index (χ1v) is 7.99. The molecule has 110 valence electrons. The van der Waals surface area contributed by atoms with Crippen LogP contribution in [0.5, 0.6) is 0 Å². The first-order chi connectivity index (χ1) is 10.2. The van der Waals surface area contributed by atoms with Crippen LogP contribution in [0.25, 0.3) is 0 Å². The summed E-state index contributed by atoms with van der Waals surface area (Å²) in [5, 5.41) is 3.35. The average molecular weight is 300 g/mol. The van der Waals surface area contributed by atoms with E-state index in [1.165, 1.54) is 4.90 Å². The zero-order chi connectivity index (χ0) is 14.9. The standard InChI is InChI=1S/C17H20N2OS/c1-14(21-16-7-3-2-4-8-16)12-19-17(20)10-9-15-6-5-11-18-13-15/h2-8,11,13-14H,9-10,12H2,1H3,(H,19,20)/t14-/m1/s1. The second-order valence-electron chi connectivity index (χ2n) is 4.91. The number of thioether (sulfide) groups is 1. The molecule has 0 fully saturated rings. The van der Waals surface area contributed by atoms with Crippen LogP contribution in [0.1, 0.15) is 18.9 Å². The lowest BCUT2D eigenvalue weighted by Gasteiger charge is -2.12. The summed E-state index contributed by atoms with van der Waals surface area (Å²) in [7, 11) is 0. The Morgan fingerprint density at radius 1 is 1.24 bits per heavy atom. The number of hydrogen-bond acceptors (Lipinski definition) is 3. The highest BCUT2D eigenvalue weighted by molar-refractivity contribution is 8.00. The van der Waals surface area contributed by atoms with Gasteiger partial charge in [-0.2, -0.15) is 0 Å². The Kier molecular flexibility index (Phi) is 6.28. The Labute approximate surface area is 130 Å². The number of hydrogen-bond donors (Lipinski definition) is 1. The summed E-state index contributed by atoms with van der Waals surface area (Å²) in [6, 6.07) is 14.1. The van der Waals surface area contributed by atoms with Gasteiger partial charge in [0.05, 0.1) is 0 Å². The monoisotopic (exact) mass is 300 g/mol. The van der Waals surface area contributed by atoms with Crippen LogP contribution in [-0.4, -0.2) is 22.7 Å². The molecule has 4 heteroatoms. The van der Waals surface area contributed by atoms with E-state index in [2.05, 4.69) is 29.4 Å². The minimum Gasteiger partial charge on any atom is -0.355 e. The van der Waals surface area contributed by atoms with E-state index in [0.717, 1.165) is 12.0 Å². The molecule has 1 aromatic heterocycles. The number of pyridine rings is 1. The Hall–Kier alpha value is -1.81. The second kappa shape index (κ2) is 8.47. The molecule has 1 N–H and O–H groups in total. The van der Waals surface area contributed by atoms with Crippen molar-refractivity contribution in [1.29, 1.82) is 0 Å². The molecular formula is C17H20N2OS. The van der Waals surface area contributed by atoms with Crippen molar-refractivity contribution in [2.24, 2.45) is 0 Å². The van der Waals surface area contributed by atoms with Crippen molar-refractivity contribution in [1.82, 2.24) is 10.3 Å². The van der Waals surface area contributed by atoms with Gasteiger partial charge < -0.3 is 5.32 Å². The minimum atomic E-state index is 0.0966. The molecule has 2 aromatic rings. The lowest BCUT2D eigenvalue weighted by atomic mass is 10.1. The predicted molar refractivity (Wildman–Crippen MR) is 87.3 cm³/mol. The maximum Gasteiger partial charge on any atom is 0.220 e. The first kappa shape index (κ1) is 15.6. The fourth-order valence-corrected chi connectivity index (χ4v) is 2.87. The van der Waals surface area contributed by atoms with Crippen LogP contribution in [0.4, 0.5) is 0 Å². The van der Waals surface area contributed by atoms with E-state index < -0.39 is 0 Å². The van der Waals surface area contributed by atoms with Gasteiger partial charge in [0.2, 0.25) is 5.91 Å². The third kappa shape index (κ3) is 6.00. The molecule has 1 aromatic carbocycles. The number of carbonyl (C=O) groups is 1. The van der Waals surface area contributed by atoms with Gasteiger partial charge in [-0.1, -0.05) is 31.2 Å². The fourth-order valence-electron chi connectivity index (χ4n) is 1.92. The van der Waals surface area contributed by atoms with Crippen LogP contribution in [-0.2, 0) is 11.2 Å². The molecular weight excluding hydrogens is 280 g/mol. The van der Waals surface area contributed by atoms with Crippen molar-refractivity contribution in [3.8, 4) is 0 Å². The Balaban J connectivity index is 1.66. The molecule has 3 nitrogen and oxygen atoms in total. The molecule has 1 heterocycles. The van der Waals surface area contributed by atoms with Gasteiger partial charge in [-0.25, -0.2) is 0 Å². The summed E-state index contributed by atoms with van der Waals surface area (Å²) in [5.41, 5.74) is 1.10. The van der Waals surface area contributed by atoms with Gasteiger partial charge in [-0.15, -0.1) is 11.8 Å². The van der Waals surface area contributed by atoms with Crippen molar-refractivity contribution in [2.45, 2.75) is 29.9 Å². The summed E-state index contributed by atoms with van der Waals surface area (Å²) >= 11 is 1.78. The van der Waals surface area contributed by atoms with Crippen LogP contribution < -0.4 is 5.32 Å². The van der Waals surface area contributed by atoms with Gasteiger partial charge in [-0.05, 0) is 30.2 Å². The molecule has 1 amide bonds. The molecule has 0 spiro atoms. The number of carbonyl (C=O) groups excluding carboxylic acids is 1.